The summed E-state index contributed by atoms with van der Waals surface area (Å²) < 4.78 is 0. The van der Waals surface area contributed by atoms with Gasteiger partial charge in [0.05, 0.1) is 11.0 Å². The number of amides is 2. The van der Waals surface area contributed by atoms with Crippen molar-refractivity contribution in [2.45, 2.75) is 32.9 Å². The van der Waals surface area contributed by atoms with Gasteiger partial charge in [-0.1, -0.05) is 19.1 Å². The molecule has 0 saturated carbocycles. The van der Waals surface area contributed by atoms with Crippen molar-refractivity contribution in [3.63, 3.8) is 0 Å². The van der Waals surface area contributed by atoms with Crippen molar-refractivity contribution in [1.82, 2.24) is 10.6 Å². The molecule has 116 valence electrons. The zero-order valence-electron chi connectivity index (χ0n) is 12.2. The number of non-ortho nitro benzene ring substituents is 1. The van der Waals surface area contributed by atoms with Crippen LogP contribution in [0.4, 0.5) is 10.5 Å². The molecule has 2 atom stereocenters. The van der Waals surface area contributed by atoms with E-state index in [2.05, 4.69) is 10.6 Å². The molecule has 7 heteroatoms. The highest BCUT2D eigenvalue weighted by atomic mass is 16.6. The van der Waals surface area contributed by atoms with Crippen LogP contribution in [0, 0.1) is 16.0 Å². The number of benzene rings is 1. The number of hydrogen-bond donors (Lipinski definition) is 3. The average molecular weight is 295 g/mol. The number of aliphatic hydroxyl groups is 1. The quantitative estimate of drug-likeness (QED) is 0.527. The third kappa shape index (κ3) is 6.71. The Labute approximate surface area is 123 Å². The van der Waals surface area contributed by atoms with Crippen LogP contribution in [0.1, 0.15) is 25.8 Å². The highest BCUT2D eigenvalue weighted by Gasteiger charge is 2.09. The number of carbonyl (C=O) groups is 1. The van der Waals surface area contributed by atoms with Gasteiger partial charge >= 0.3 is 6.03 Å². The maximum absolute atomic E-state index is 11.6. The molecule has 1 rings (SSSR count). The summed E-state index contributed by atoms with van der Waals surface area (Å²) in [5.74, 6) is 0.175. The molecule has 21 heavy (non-hydrogen) atoms. The summed E-state index contributed by atoms with van der Waals surface area (Å²) in [7, 11) is 0. The lowest BCUT2D eigenvalue weighted by Gasteiger charge is -2.14. The fraction of sp³-hybridized carbons (Fsp3) is 0.500. The van der Waals surface area contributed by atoms with E-state index in [0.29, 0.717) is 18.5 Å². The number of hydrogen-bond acceptors (Lipinski definition) is 4. The summed E-state index contributed by atoms with van der Waals surface area (Å²) in [6.45, 7) is 4.33. The lowest BCUT2D eigenvalue weighted by Crippen LogP contribution is -2.37. The fourth-order valence-electron chi connectivity index (χ4n) is 1.96. The molecule has 0 heterocycles. The van der Waals surface area contributed by atoms with Crippen LogP contribution < -0.4 is 10.6 Å². The van der Waals surface area contributed by atoms with Crippen LogP contribution in [0.5, 0.6) is 0 Å². The van der Waals surface area contributed by atoms with Crippen molar-refractivity contribution in [2.75, 3.05) is 6.54 Å². The zero-order valence-corrected chi connectivity index (χ0v) is 12.2. The second kappa shape index (κ2) is 8.21. The van der Waals surface area contributed by atoms with E-state index in [1.807, 2.05) is 6.92 Å². The fourth-order valence-corrected chi connectivity index (χ4v) is 1.96. The van der Waals surface area contributed by atoms with Gasteiger partial charge < -0.3 is 15.7 Å². The van der Waals surface area contributed by atoms with Crippen molar-refractivity contribution in [2.24, 2.45) is 5.92 Å². The SMILES string of the molecule is CC(O)CC(C)CNC(=O)NCc1cccc([N+](=O)[O-])c1. The molecule has 0 aliphatic heterocycles. The Bertz CT molecular complexity index is 491. The molecule has 0 radical (unpaired) electrons. The van der Waals surface area contributed by atoms with Crippen molar-refractivity contribution < 1.29 is 14.8 Å². The van der Waals surface area contributed by atoms with Crippen molar-refractivity contribution in [1.29, 1.82) is 0 Å². The van der Waals surface area contributed by atoms with Gasteiger partial charge in [-0.25, -0.2) is 4.79 Å². The Morgan fingerprint density at radius 1 is 1.38 bits per heavy atom. The molecule has 2 unspecified atom stereocenters. The summed E-state index contributed by atoms with van der Waals surface area (Å²) >= 11 is 0. The summed E-state index contributed by atoms with van der Waals surface area (Å²) in [5.41, 5.74) is 0.664. The van der Waals surface area contributed by atoms with Gasteiger partial charge in [-0.2, -0.15) is 0 Å². The highest BCUT2D eigenvalue weighted by Crippen LogP contribution is 2.12. The summed E-state index contributed by atoms with van der Waals surface area (Å²) in [6, 6.07) is 5.79. The predicted molar refractivity (Wildman–Crippen MR) is 78.8 cm³/mol. The molecular formula is C14H21N3O4. The van der Waals surface area contributed by atoms with Crippen molar-refractivity contribution >= 4 is 11.7 Å². The molecule has 1 aromatic carbocycles. The maximum atomic E-state index is 11.6. The molecule has 0 aliphatic carbocycles. The first-order chi connectivity index (χ1) is 9.88. The Morgan fingerprint density at radius 2 is 2.10 bits per heavy atom. The Balaban J connectivity index is 2.36. The van der Waals surface area contributed by atoms with Crippen LogP contribution in [0.15, 0.2) is 24.3 Å². The monoisotopic (exact) mass is 295 g/mol. The van der Waals surface area contributed by atoms with Crippen molar-refractivity contribution in [3.8, 4) is 0 Å². The minimum atomic E-state index is -0.471. The van der Waals surface area contributed by atoms with Gasteiger partial charge in [0, 0.05) is 25.2 Å². The minimum Gasteiger partial charge on any atom is -0.393 e. The van der Waals surface area contributed by atoms with Gasteiger partial charge in [0.1, 0.15) is 0 Å². The lowest BCUT2D eigenvalue weighted by molar-refractivity contribution is -0.384. The molecule has 3 N–H and O–H groups in total. The van der Waals surface area contributed by atoms with E-state index < -0.39 is 11.0 Å². The first-order valence-electron chi connectivity index (χ1n) is 6.81. The zero-order chi connectivity index (χ0) is 15.8. The van der Waals surface area contributed by atoms with Crippen LogP contribution in [0.2, 0.25) is 0 Å². The molecule has 0 bridgehead atoms. The lowest BCUT2D eigenvalue weighted by atomic mass is 10.1. The van der Waals surface area contributed by atoms with Gasteiger partial charge in [0.15, 0.2) is 0 Å². The Hall–Kier alpha value is -2.15. The normalized spacial score (nSPS) is 13.3. The molecule has 2 amide bonds. The van der Waals surface area contributed by atoms with Gasteiger partial charge in [-0.3, -0.25) is 10.1 Å². The predicted octanol–water partition coefficient (Wildman–Crippen LogP) is 1.80. The largest absolute Gasteiger partial charge is 0.393 e. The molecular weight excluding hydrogens is 274 g/mol. The number of carbonyl (C=O) groups excluding carboxylic acids is 1. The molecule has 1 aromatic rings. The number of nitrogens with one attached hydrogen (secondary N) is 2. The van der Waals surface area contributed by atoms with Gasteiger partial charge in [-0.05, 0) is 24.8 Å². The standard InChI is InChI=1S/C14H21N3O4/c1-10(6-11(2)18)8-15-14(19)16-9-12-4-3-5-13(7-12)17(20)21/h3-5,7,10-11,18H,6,8-9H2,1-2H3,(H2,15,16,19). The van der Waals surface area contributed by atoms with Crippen LogP contribution >= 0.6 is 0 Å². The third-order valence-corrected chi connectivity index (χ3v) is 2.93. The first-order valence-corrected chi connectivity index (χ1v) is 6.81. The first kappa shape index (κ1) is 16.9. The molecule has 0 aliphatic rings. The smallest absolute Gasteiger partial charge is 0.315 e. The Kier molecular flexibility index (Phi) is 6.61. The van der Waals surface area contributed by atoms with Gasteiger partial charge in [0.25, 0.3) is 5.69 Å². The second-order valence-corrected chi connectivity index (χ2v) is 5.18. The van der Waals surface area contributed by atoms with Crippen molar-refractivity contribution in [3.05, 3.63) is 39.9 Å². The number of nitro benzene ring substituents is 1. The number of nitro groups is 1. The van der Waals surface area contributed by atoms with Crippen LogP contribution in [-0.4, -0.2) is 28.7 Å². The van der Waals surface area contributed by atoms with Gasteiger partial charge in [-0.15, -0.1) is 0 Å². The van der Waals surface area contributed by atoms with Crippen LogP contribution in [-0.2, 0) is 6.54 Å². The summed E-state index contributed by atoms with van der Waals surface area (Å²) in [5, 5.41) is 25.2. The highest BCUT2D eigenvalue weighted by molar-refractivity contribution is 5.73. The van der Waals surface area contributed by atoms with E-state index in [-0.39, 0.29) is 24.2 Å². The van der Waals surface area contributed by atoms with Gasteiger partial charge in [0.2, 0.25) is 0 Å². The van der Waals surface area contributed by atoms with E-state index in [9.17, 15) is 20.0 Å². The minimum absolute atomic E-state index is 0.000244. The maximum Gasteiger partial charge on any atom is 0.315 e. The third-order valence-electron chi connectivity index (χ3n) is 2.93. The summed E-state index contributed by atoms with van der Waals surface area (Å²) in [4.78, 5) is 21.8. The van der Waals surface area contributed by atoms with E-state index >= 15 is 0 Å². The second-order valence-electron chi connectivity index (χ2n) is 5.18. The number of urea groups is 1. The average Bonchev–Trinajstić information content (AvgIpc) is 2.42. The van der Waals surface area contributed by atoms with E-state index in [4.69, 9.17) is 0 Å². The summed E-state index contributed by atoms with van der Waals surface area (Å²) in [6.07, 6.45) is 0.222. The van der Waals surface area contributed by atoms with E-state index in [0.717, 1.165) is 0 Å². The topological polar surface area (TPSA) is 104 Å². The molecule has 0 saturated heterocycles. The van der Waals surface area contributed by atoms with E-state index in [1.54, 1.807) is 19.1 Å². The Morgan fingerprint density at radius 3 is 2.71 bits per heavy atom. The molecule has 0 spiro atoms. The van der Waals surface area contributed by atoms with E-state index in [1.165, 1.54) is 12.1 Å². The number of nitrogens with zero attached hydrogens (tertiary/aromatic N) is 1. The number of rotatable bonds is 7. The van der Waals surface area contributed by atoms with Crippen LogP contribution in [0.25, 0.3) is 0 Å². The molecule has 0 aromatic heterocycles. The molecule has 7 nitrogen and oxygen atoms in total. The van der Waals surface area contributed by atoms with Crippen LogP contribution in [0.3, 0.4) is 0 Å². The molecule has 0 fully saturated rings. The number of aliphatic hydroxyl groups excluding tert-OH is 1.